The quantitative estimate of drug-likeness (QED) is 0.626. The summed E-state index contributed by atoms with van der Waals surface area (Å²) in [6.07, 6.45) is 3.15. The van der Waals surface area contributed by atoms with E-state index in [-0.39, 0.29) is 5.91 Å². The first-order chi connectivity index (χ1) is 7.61. The molecule has 88 valence electrons. The third-order valence-corrected chi connectivity index (χ3v) is 3.18. The van der Waals surface area contributed by atoms with Crippen LogP contribution in [0.25, 0.3) is 0 Å². The van der Waals surface area contributed by atoms with E-state index in [4.69, 9.17) is 5.73 Å². The molecule has 0 saturated carbocycles. The van der Waals surface area contributed by atoms with Crippen LogP contribution in [0.4, 0.5) is 5.69 Å². The van der Waals surface area contributed by atoms with Gasteiger partial charge >= 0.3 is 0 Å². The van der Waals surface area contributed by atoms with Crippen molar-refractivity contribution in [2.45, 2.75) is 17.9 Å². The summed E-state index contributed by atoms with van der Waals surface area (Å²) in [6, 6.07) is 3.65. The van der Waals surface area contributed by atoms with Crippen LogP contribution < -0.4 is 5.73 Å². The number of thioether (sulfide) groups is 1. The fourth-order valence-corrected chi connectivity index (χ4v) is 1.99. The van der Waals surface area contributed by atoms with Crippen LogP contribution in [0, 0.1) is 0 Å². The number of carbonyl (C=O) groups is 1. The summed E-state index contributed by atoms with van der Waals surface area (Å²) >= 11 is 1.59. The van der Waals surface area contributed by atoms with Crippen molar-refractivity contribution in [2.75, 3.05) is 25.6 Å². The molecule has 0 aromatic carbocycles. The van der Waals surface area contributed by atoms with Crippen molar-refractivity contribution in [3.63, 3.8) is 0 Å². The highest BCUT2D eigenvalue weighted by Crippen LogP contribution is 2.22. The molecule has 5 heteroatoms. The van der Waals surface area contributed by atoms with Crippen LogP contribution >= 0.6 is 11.8 Å². The number of pyridine rings is 1. The predicted molar refractivity (Wildman–Crippen MR) is 67.3 cm³/mol. The maximum Gasteiger partial charge on any atom is 0.222 e. The molecule has 4 nitrogen and oxygen atoms in total. The lowest BCUT2D eigenvalue weighted by Gasteiger charge is -2.09. The Balaban J connectivity index is 2.26. The third kappa shape index (κ3) is 4.10. The van der Waals surface area contributed by atoms with Gasteiger partial charge in [-0.2, -0.15) is 0 Å². The average Bonchev–Trinajstić information content (AvgIpc) is 2.26. The zero-order valence-corrected chi connectivity index (χ0v) is 10.5. The van der Waals surface area contributed by atoms with Crippen LogP contribution in [0.3, 0.4) is 0 Å². The highest BCUT2D eigenvalue weighted by atomic mass is 32.2. The first-order valence-corrected chi connectivity index (χ1v) is 6.13. The first kappa shape index (κ1) is 12.8. The van der Waals surface area contributed by atoms with Gasteiger partial charge in [0.25, 0.3) is 0 Å². The molecule has 0 aliphatic carbocycles. The van der Waals surface area contributed by atoms with E-state index in [9.17, 15) is 4.79 Å². The van der Waals surface area contributed by atoms with Crippen LogP contribution in [-0.2, 0) is 4.79 Å². The van der Waals surface area contributed by atoms with Gasteiger partial charge in [-0.3, -0.25) is 4.79 Å². The van der Waals surface area contributed by atoms with E-state index < -0.39 is 0 Å². The maximum atomic E-state index is 11.3. The molecule has 0 unspecified atom stereocenters. The standard InChI is InChI=1S/C11H17N3OS/c1-14(2)10(15)6-4-8-16-11-9(12)5-3-7-13-11/h3,5,7H,4,6,8,12H2,1-2H3. The van der Waals surface area contributed by atoms with Gasteiger partial charge in [0.1, 0.15) is 5.03 Å². The van der Waals surface area contributed by atoms with Crippen molar-refractivity contribution in [3.8, 4) is 0 Å². The summed E-state index contributed by atoms with van der Waals surface area (Å²) in [4.78, 5) is 17.1. The molecule has 0 bridgehead atoms. The van der Waals surface area contributed by atoms with E-state index in [1.165, 1.54) is 0 Å². The summed E-state index contributed by atoms with van der Waals surface area (Å²) in [7, 11) is 3.54. The summed E-state index contributed by atoms with van der Waals surface area (Å²) < 4.78 is 0. The molecule has 0 fully saturated rings. The van der Waals surface area contributed by atoms with Crippen LogP contribution in [0.15, 0.2) is 23.4 Å². The molecule has 1 amide bonds. The molecule has 0 radical (unpaired) electrons. The van der Waals surface area contributed by atoms with Crippen LogP contribution in [0.1, 0.15) is 12.8 Å². The molecule has 0 saturated heterocycles. The van der Waals surface area contributed by atoms with Crippen molar-refractivity contribution < 1.29 is 4.79 Å². The fraction of sp³-hybridized carbons (Fsp3) is 0.455. The number of hydrogen-bond acceptors (Lipinski definition) is 4. The van der Waals surface area contributed by atoms with Gasteiger partial charge in [0, 0.05) is 32.5 Å². The molecule has 0 atom stereocenters. The Hall–Kier alpha value is -1.23. The fourth-order valence-electron chi connectivity index (χ4n) is 1.14. The molecular weight excluding hydrogens is 222 g/mol. The van der Waals surface area contributed by atoms with Gasteiger partial charge in [-0.05, 0) is 18.6 Å². The molecule has 0 aliphatic heterocycles. The van der Waals surface area contributed by atoms with Crippen LogP contribution in [-0.4, -0.2) is 35.6 Å². The predicted octanol–water partition coefficient (Wildman–Crippen LogP) is 1.62. The minimum atomic E-state index is 0.162. The summed E-state index contributed by atoms with van der Waals surface area (Å²) in [5.41, 5.74) is 6.45. The molecule has 0 spiro atoms. The number of carbonyl (C=O) groups excluding carboxylic acids is 1. The zero-order chi connectivity index (χ0) is 12.0. The van der Waals surface area contributed by atoms with Gasteiger partial charge < -0.3 is 10.6 Å². The lowest BCUT2D eigenvalue weighted by molar-refractivity contribution is -0.128. The van der Waals surface area contributed by atoms with Crippen LogP contribution in [0.2, 0.25) is 0 Å². The number of amides is 1. The second kappa shape index (κ2) is 6.37. The molecule has 16 heavy (non-hydrogen) atoms. The van der Waals surface area contributed by atoms with E-state index in [0.29, 0.717) is 12.1 Å². The minimum Gasteiger partial charge on any atom is -0.397 e. The van der Waals surface area contributed by atoms with Crippen molar-refractivity contribution in [1.29, 1.82) is 0 Å². The topological polar surface area (TPSA) is 59.2 Å². The number of aromatic nitrogens is 1. The second-order valence-electron chi connectivity index (χ2n) is 3.64. The Morgan fingerprint density at radius 3 is 2.94 bits per heavy atom. The molecule has 1 rings (SSSR count). The largest absolute Gasteiger partial charge is 0.397 e. The molecule has 1 aromatic heterocycles. The van der Waals surface area contributed by atoms with Gasteiger partial charge in [0.2, 0.25) is 5.91 Å². The van der Waals surface area contributed by atoms with E-state index in [1.54, 1.807) is 37.0 Å². The number of anilines is 1. The van der Waals surface area contributed by atoms with Crippen LogP contribution in [0.5, 0.6) is 0 Å². The van der Waals surface area contributed by atoms with Gasteiger partial charge in [-0.1, -0.05) is 0 Å². The number of hydrogen-bond donors (Lipinski definition) is 1. The smallest absolute Gasteiger partial charge is 0.222 e. The Morgan fingerprint density at radius 2 is 2.31 bits per heavy atom. The highest BCUT2D eigenvalue weighted by molar-refractivity contribution is 7.99. The van der Waals surface area contributed by atoms with Crippen molar-refractivity contribution in [1.82, 2.24) is 9.88 Å². The Labute approximate surface area is 100 Å². The van der Waals surface area contributed by atoms with Gasteiger partial charge in [0.05, 0.1) is 5.69 Å². The van der Waals surface area contributed by atoms with Gasteiger partial charge in [-0.25, -0.2) is 4.98 Å². The van der Waals surface area contributed by atoms with Crippen molar-refractivity contribution in [2.24, 2.45) is 0 Å². The normalized spacial score (nSPS) is 10.1. The van der Waals surface area contributed by atoms with E-state index in [2.05, 4.69) is 4.98 Å². The summed E-state index contributed by atoms with van der Waals surface area (Å²) in [5.74, 6) is 1.02. The lowest BCUT2D eigenvalue weighted by Crippen LogP contribution is -2.21. The number of nitrogens with two attached hydrogens (primary N) is 1. The van der Waals surface area contributed by atoms with Crippen molar-refractivity contribution in [3.05, 3.63) is 18.3 Å². The molecule has 1 heterocycles. The Kier molecular flexibility index (Phi) is 5.11. The third-order valence-electron chi connectivity index (χ3n) is 2.07. The average molecular weight is 239 g/mol. The summed E-state index contributed by atoms with van der Waals surface area (Å²) in [5, 5.41) is 0.847. The number of nitrogens with zero attached hydrogens (tertiary/aromatic N) is 2. The zero-order valence-electron chi connectivity index (χ0n) is 9.64. The Bertz CT molecular complexity index is 355. The Morgan fingerprint density at radius 1 is 1.56 bits per heavy atom. The first-order valence-electron chi connectivity index (χ1n) is 5.14. The monoisotopic (exact) mass is 239 g/mol. The molecule has 2 N–H and O–H groups in total. The number of nitrogen functional groups attached to an aromatic ring is 1. The highest BCUT2D eigenvalue weighted by Gasteiger charge is 2.04. The molecule has 0 aliphatic rings. The molecule has 1 aromatic rings. The van der Waals surface area contributed by atoms with Crippen molar-refractivity contribution >= 4 is 23.4 Å². The van der Waals surface area contributed by atoms with E-state index >= 15 is 0 Å². The second-order valence-corrected chi connectivity index (χ2v) is 4.72. The van der Waals surface area contributed by atoms with Gasteiger partial charge in [0.15, 0.2) is 0 Å². The van der Waals surface area contributed by atoms with E-state index in [1.807, 2.05) is 12.1 Å². The summed E-state index contributed by atoms with van der Waals surface area (Å²) in [6.45, 7) is 0. The maximum absolute atomic E-state index is 11.3. The minimum absolute atomic E-state index is 0.162. The molecular formula is C11H17N3OS. The van der Waals surface area contributed by atoms with E-state index in [0.717, 1.165) is 17.2 Å². The SMILES string of the molecule is CN(C)C(=O)CCCSc1ncccc1N. The number of rotatable bonds is 5. The lowest BCUT2D eigenvalue weighted by atomic mass is 10.3. The van der Waals surface area contributed by atoms with Gasteiger partial charge in [-0.15, -0.1) is 11.8 Å².